The van der Waals surface area contributed by atoms with Crippen LogP contribution >= 0.6 is 0 Å². The largest absolute Gasteiger partial charge is 0.493 e. The summed E-state index contributed by atoms with van der Waals surface area (Å²) in [6, 6.07) is 4.61. The van der Waals surface area contributed by atoms with Crippen LogP contribution in [0.5, 0.6) is 11.5 Å². The molecule has 0 aromatic heterocycles. The molecular weight excluding hydrogens is 389 g/mol. The van der Waals surface area contributed by atoms with Crippen molar-refractivity contribution in [3.8, 4) is 11.5 Å². The smallest absolute Gasteiger partial charge is 0.422 e. The highest BCUT2D eigenvalue weighted by Crippen LogP contribution is 2.30. The molecule has 1 aromatic carbocycles. The molecule has 1 aromatic rings. The van der Waals surface area contributed by atoms with Gasteiger partial charge in [0.15, 0.2) is 18.1 Å². The Morgan fingerprint density at radius 3 is 2.59 bits per heavy atom. The number of ether oxygens (including phenoxy) is 2. The third kappa shape index (κ3) is 6.83. The van der Waals surface area contributed by atoms with E-state index in [4.69, 9.17) is 9.47 Å². The number of hydrogen-bond donors (Lipinski definition) is 0. The van der Waals surface area contributed by atoms with Crippen LogP contribution in [0.1, 0.15) is 24.8 Å². The van der Waals surface area contributed by atoms with E-state index < -0.39 is 12.8 Å². The summed E-state index contributed by atoms with van der Waals surface area (Å²) in [5.41, 5.74) is 0.757. The highest BCUT2D eigenvalue weighted by atomic mass is 19.4. The molecule has 162 valence electrons. The molecule has 0 bridgehead atoms. The lowest BCUT2D eigenvalue weighted by atomic mass is 9.96. The molecule has 0 N–H and O–H groups in total. The molecule has 0 aliphatic carbocycles. The Morgan fingerprint density at radius 2 is 1.97 bits per heavy atom. The number of hydrogen-bond acceptors (Lipinski definition) is 4. The highest BCUT2D eigenvalue weighted by molar-refractivity contribution is 5.81. The first-order chi connectivity index (χ1) is 13.6. The van der Waals surface area contributed by atoms with Crippen molar-refractivity contribution in [1.29, 1.82) is 0 Å². The van der Waals surface area contributed by atoms with Crippen LogP contribution in [0.15, 0.2) is 18.2 Å². The van der Waals surface area contributed by atoms with Gasteiger partial charge in [0.1, 0.15) is 0 Å². The normalized spacial score (nSPS) is 17.0. The van der Waals surface area contributed by atoms with Crippen LogP contribution in [-0.4, -0.2) is 68.7 Å². The number of aryl methyl sites for hydroxylation is 1. The summed E-state index contributed by atoms with van der Waals surface area (Å²) in [5.74, 6) is 0.00180. The minimum atomic E-state index is -4.43. The molecule has 1 aliphatic rings. The molecule has 2 rings (SSSR count). The Kier molecular flexibility index (Phi) is 7.75. The van der Waals surface area contributed by atoms with Crippen LogP contribution in [0.2, 0.25) is 0 Å². The van der Waals surface area contributed by atoms with Crippen molar-refractivity contribution < 1.29 is 32.2 Å². The second kappa shape index (κ2) is 9.84. The Morgan fingerprint density at radius 1 is 1.24 bits per heavy atom. The van der Waals surface area contributed by atoms with E-state index in [1.807, 2.05) is 0 Å². The summed E-state index contributed by atoms with van der Waals surface area (Å²) in [6.45, 7) is -0.351. The van der Waals surface area contributed by atoms with Crippen LogP contribution in [0, 0.1) is 5.92 Å². The van der Waals surface area contributed by atoms with Crippen molar-refractivity contribution in [2.75, 3.05) is 40.9 Å². The predicted octanol–water partition coefficient (Wildman–Crippen LogP) is 2.90. The molecule has 1 aliphatic heterocycles. The number of amides is 2. The zero-order valence-electron chi connectivity index (χ0n) is 16.9. The summed E-state index contributed by atoms with van der Waals surface area (Å²) >= 11 is 0. The lowest BCUT2D eigenvalue weighted by Crippen LogP contribution is -2.45. The zero-order chi connectivity index (χ0) is 21.6. The van der Waals surface area contributed by atoms with E-state index in [1.165, 1.54) is 13.2 Å². The molecule has 6 nitrogen and oxygen atoms in total. The van der Waals surface area contributed by atoms with Gasteiger partial charge in [-0.05, 0) is 37.0 Å². The maximum Gasteiger partial charge on any atom is 0.422 e. The fourth-order valence-electron chi connectivity index (χ4n) is 3.33. The lowest BCUT2D eigenvalue weighted by molar-refractivity contribution is -0.153. The van der Waals surface area contributed by atoms with E-state index in [0.29, 0.717) is 19.5 Å². The number of methoxy groups -OCH3 is 1. The van der Waals surface area contributed by atoms with Crippen molar-refractivity contribution >= 4 is 11.8 Å². The van der Waals surface area contributed by atoms with Gasteiger partial charge in [-0.1, -0.05) is 6.07 Å². The first kappa shape index (κ1) is 22.8. The second-order valence-electron chi connectivity index (χ2n) is 7.30. The van der Waals surface area contributed by atoms with E-state index in [9.17, 15) is 22.8 Å². The van der Waals surface area contributed by atoms with Crippen molar-refractivity contribution in [1.82, 2.24) is 9.80 Å². The Labute approximate surface area is 168 Å². The zero-order valence-corrected chi connectivity index (χ0v) is 16.9. The number of carbonyl (C=O) groups excluding carboxylic acids is 2. The van der Waals surface area contributed by atoms with Gasteiger partial charge in [-0.25, -0.2) is 0 Å². The summed E-state index contributed by atoms with van der Waals surface area (Å²) in [6.07, 6.45) is -2.21. The number of piperidine rings is 1. The predicted molar refractivity (Wildman–Crippen MR) is 101 cm³/mol. The van der Waals surface area contributed by atoms with Gasteiger partial charge < -0.3 is 19.3 Å². The van der Waals surface area contributed by atoms with Crippen molar-refractivity contribution in [3.63, 3.8) is 0 Å². The molecule has 0 spiro atoms. The fraction of sp³-hybridized carbons (Fsp3) is 0.600. The van der Waals surface area contributed by atoms with Crippen molar-refractivity contribution in [2.24, 2.45) is 5.92 Å². The molecule has 1 fully saturated rings. The average Bonchev–Trinajstić information content (AvgIpc) is 2.69. The molecule has 1 unspecified atom stereocenters. The summed E-state index contributed by atoms with van der Waals surface area (Å²) in [7, 11) is 4.76. The molecule has 29 heavy (non-hydrogen) atoms. The number of benzene rings is 1. The van der Waals surface area contributed by atoms with Crippen molar-refractivity contribution in [2.45, 2.75) is 31.9 Å². The number of rotatable bonds is 7. The standard InChI is InChI=1S/C20H27F3N2O4/c1-24(2)19(27)15-5-4-10-25(12-15)18(26)9-7-14-6-8-16(17(11-14)28-3)29-13-20(21,22)23/h6,8,11,15H,4-5,7,9-10,12-13H2,1-3H3. The Balaban J connectivity index is 1.93. The number of alkyl halides is 3. The van der Waals surface area contributed by atoms with Gasteiger partial charge in [0.25, 0.3) is 0 Å². The first-order valence-corrected chi connectivity index (χ1v) is 9.46. The monoisotopic (exact) mass is 416 g/mol. The number of likely N-dealkylation sites (tertiary alicyclic amines) is 1. The SMILES string of the molecule is COc1cc(CCC(=O)N2CCCC(C(=O)N(C)C)C2)ccc1OCC(F)(F)F. The van der Waals surface area contributed by atoms with Gasteiger partial charge in [-0.2, -0.15) is 13.2 Å². The van der Waals surface area contributed by atoms with E-state index in [-0.39, 0.29) is 35.7 Å². The first-order valence-electron chi connectivity index (χ1n) is 9.46. The van der Waals surface area contributed by atoms with E-state index in [1.54, 1.807) is 36.0 Å². The van der Waals surface area contributed by atoms with Crippen LogP contribution in [-0.2, 0) is 16.0 Å². The minimum absolute atomic E-state index is 0.000900. The molecule has 1 atom stereocenters. The number of carbonyl (C=O) groups is 2. The van der Waals surface area contributed by atoms with Crippen LogP contribution in [0.3, 0.4) is 0 Å². The maximum atomic E-state index is 12.6. The molecule has 0 radical (unpaired) electrons. The quantitative estimate of drug-likeness (QED) is 0.686. The molecule has 2 amide bonds. The number of nitrogens with zero attached hydrogens (tertiary/aromatic N) is 2. The third-order valence-corrected chi connectivity index (χ3v) is 4.81. The van der Waals surface area contributed by atoms with E-state index in [0.717, 1.165) is 18.4 Å². The van der Waals surface area contributed by atoms with Gasteiger partial charge in [-0.3, -0.25) is 9.59 Å². The van der Waals surface area contributed by atoms with Gasteiger partial charge in [0, 0.05) is 33.6 Å². The second-order valence-corrected chi connectivity index (χ2v) is 7.30. The maximum absolute atomic E-state index is 12.6. The summed E-state index contributed by atoms with van der Waals surface area (Å²) in [5, 5.41) is 0. The van der Waals surface area contributed by atoms with Crippen LogP contribution < -0.4 is 9.47 Å². The van der Waals surface area contributed by atoms with E-state index >= 15 is 0 Å². The van der Waals surface area contributed by atoms with Gasteiger partial charge >= 0.3 is 6.18 Å². The van der Waals surface area contributed by atoms with Crippen LogP contribution in [0.4, 0.5) is 13.2 Å². The molecule has 0 saturated carbocycles. The third-order valence-electron chi connectivity index (χ3n) is 4.81. The van der Waals surface area contributed by atoms with E-state index in [2.05, 4.69) is 0 Å². The molecular formula is C20H27F3N2O4. The fourth-order valence-corrected chi connectivity index (χ4v) is 3.33. The number of halogens is 3. The van der Waals surface area contributed by atoms with Crippen molar-refractivity contribution in [3.05, 3.63) is 23.8 Å². The average molecular weight is 416 g/mol. The Hall–Kier alpha value is -2.45. The van der Waals surface area contributed by atoms with Gasteiger partial charge in [0.05, 0.1) is 13.0 Å². The minimum Gasteiger partial charge on any atom is -0.493 e. The molecule has 1 heterocycles. The topological polar surface area (TPSA) is 59.1 Å². The molecule has 1 saturated heterocycles. The van der Waals surface area contributed by atoms with Crippen LogP contribution in [0.25, 0.3) is 0 Å². The summed E-state index contributed by atoms with van der Waals surface area (Å²) in [4.78, 5) is 28.0. The molecule has 9 heteroatoms. The Bertz CT molecular complexity index is 722. The summed E-state index contributed by atoms with van der Waals surface area (Å²) < 4.78 is 46.9. The van der Waals surface area contributed by atoms with Gasteiger partial charge in [0.2, 0.25) is 11.8 Å². The van der Waals surface area contributed by atoms with Gasteiger partial charge in [-0.15, -0.1) is 0 Å². The lowest BCUT2D eigenvalue weighted by Gasteiger charge is -2.33. The highest BCUT2D eigenvalue weighted by Gasteiger charge is 2.30.